The number of aromatic nitrogens is 2. The molecule has 1 atom stereocenters. The van der Waals surface area contributed by atoms with Crippen molar-refractivity contribution in [2.24, 2.45) is 5.10 Å². The number of aromatic hydroxyl groups is 1. The summed E-state index contributed by atoms with van der Waals surface area (Å²) >= 11 is 0. The van der Waals surface area contributed by atoms with Crippen molar-refractivity contribution in [3.8, 4) is 23.1 Å². The largest absolute Gasteiger partial charge is 0.494 e. The lowest BCUT2D eigenvalue weighted by molar-refractivity contribution is -0.132. The van der Waals surface area contributed by atoms with Gasteiger partial charge in [0.1, 0.15) is 5.56 Å². The molecule has 1 amide bonds. The number of hydrogen-bond donors (Lipinski definition) is 2. The number of amides is 1. The van der Waals surface area contributed by atoms with Crippen molar-refractivity contribution >= 4 is 11.6 Å². The molecule has 0 radical (unpaired) electrons. The summed E-state index contributed by atoms with van der Waals surface area (Å²) in [4.78, 5) is 39.6. The molecule has 11 nitrogen and oxygen atoms in total. The number of allylic oxidation sites excluding steroid dienone is 1. The van der Waals surface area contributed by atoms with E-state index in [-0.39, 0.29) is 36.6 Å². The van der Waals surface area contributed by atoms with Crippen molar-refractivity contribution < 1.29 is 24.1 Å². The molecule has 11 heteroatoms. The fourth-order valence-electron chi connectivity index (χ4n) is 3.80. The minimum atomic E-state index is -0.805. The number of nitrogens with one attached hydrogen (secondary N) is 1. The van der Waals surface area contributed by atoms with Crippen molar-refractivity contribution in [1.29, 1.82) is 0 Å². The Balaban J connectivity index is 2.18. The molecule has 1 aromatic heterocycles. The zero-order chi connectivity index (χ0) is 24.3. The number of benzene rings is 1. The Labute approximate surface area is 189 Å². The van der Waals surface area contributed by atoms with Crippen LogP contribution in [0.25, 0.3) is 0 Å². The number of hydrazone groups is 1. The zero-order valence-electron chi connectivity index (χ0n) is 18.9. The molecule has 0 saturated heterocycles. The second-order valence-corrected chi connectivity index (χ2v) is 7.14. The first-order chi connectivity index (χ1) is 15.8. The van der Waals surface area contributed by atoms with E-state index in [2.05, 4.69) is 16.7 Å². The molecular weight excluding hydrogens is 432 g/mol. The van der Waals surface area contributed by atoms with E-state index in [9.17, 15) is 19.5 Å². The number of methoxy groups -OCH3 is 3. The van der Waals surface area contributed by atoms with E-state index in [4.69, 9.17) is 14.2 Å². The lowest BCUT2D eigenvalue weighted by atomic mass is 9.97. The van der Waals surface area contributed by atoms with Gasteiger partial charge in [-0.3, -0.25) is 19.1 Å². The van der Waals surface area contributed by atoms with Gasteiger partial charge < -0.3 is 19.3 Å². The summed E-state index contributed by atoms with van der Waals surface area (Å²) in [6.07, 6.45) is 1.64. The van der Waals surface area contributed by atoms with Gasteiger partial charge in [-0.15, -0.1) is 6.58 Å². The number of ether oxygens (including phenoxy) is 3. The van der Waals surface area contributed by atoms with Crippen LogP contribution in [0.3, 0.4) is 0 Å². The molecule has 1 aliphatic heterocycles. The second kappa shape index (κ2) is 9.63. The van der Waals surface area contributed by atoms with Gasteiger partial charge in [0, 0.05) is 24.9 Å². The first-order valence-corrected chi connectivity index (χ1v) is 10.2. The van der Waals surface area contributed by atoms with Gasteiger partial charge in [-0.2, -0.15) is 5.10 Å². The first-order valence-electron chi connectivity index (χ1n) is 10.2. The monoisotopic (exact) mass is 458 g/mol. The van der Waals surface area contributed by atoms with Crippen LogP contribution in [0.1, 0.15) is 36.9 Å². The predicted molar refractivity (Wildman–Crippen MR) is 120 cm³/mol. The molecule has 176 valence electrons. The van der Waals surface area contributed by atoms with Crippen LogP contribution in [0.2, 0.25) is 0 Å². The fraction of sp³-hybridized carbons (Fsp3) is 0.364. The highest BCUT2D eigenvalue weighted by Gasteiger charge is 2.37. The highest BCUT2D eigenvalue weighted by atomic mass is 16.5. The maximum absolute atomic E-state index is 12.8. The molecule has 2 aromatic rings. The standard InChI is InChI=1S/C22H26N4O7/c1-6-10-25-21(29)17(20(28)23-22(25)30)13-11-14(26(24-13)16(27)7-2)12-8-9-15(31-3)19(33-5)18(12)32-4/h6,8-9,14,29H,1,7,10-11H2,2-5H3,(H,23,28,30)/t14-/m0/s1. The summed E-state index contributed by atoms with van der Waals surface area (Å²) in [5, 5.41) is 16.3. The van der Waals surface area contributed by atoms with Crippen molar-refractivity contribution in [1.82, 2.24) is 14.6 Å². The van der Waals surface area contributed by atoms with Crippen LogP contribution in [0.15, 0.2) is 39.5 Å². The number of nitrogens with zero attached hydrogens (tertiary/aromatic N) is 3. The summed E-state index contributed by atoms with van der Waals surface area (Å²) in [7, 11) is 4.43. The van der Waals surface area contributed by atoms with Gasteiger partial charge in [0.25, 0.3) is 5.56 Å². The normalized spacial score (nSPS) is 15.2. The van der Waals surface area contributed by atoms with Crippen molar-refractivity contribution in [2.45, 2.75) is 32.4 Å². The summed E-state index contributed by atoms with van der Waals surface area (Å²) in [6.45, 7) is 5.22. The van der Waals surface area contributed by atoms with E-state index in [1.54, 1.807) is 19.1 Å². The molecule has 33 heavy (non-hydrogen) atoms. The number of hydrogen-bond acceptors (Lipinski definition) is 8. The molecule has 0 fully saturated rings. The fourth-order valence-corrected chi connectivity index (χ4v) is 3.80. The van der Waals surface area contributed by atoms with Crippen molar-refractivity contribution in [2.75, 3.05) is 21.3 Å². The molecule has 1 aliphatic rings. The van der Waals surface area contributed by atoms with E-state index >= 15 is 0 Å². The minimum absolute atomic E-state index is 0.0216. The van der Waals surface area contributed by atoms with Crippen LogP contribution in [0, 0.1) is 0 Å². The van der Waals surface area contributed by atoms with Gasteiger partial charge in [0.15, 0.2) is 11.5 Å². The maximum atomic E-state index is 12.8. The lowest BCUT2D eigenvalue weighted by Crippen LogP contribution is -2.33. The molecule has 0 aliphatic carbocycles. The third-order valence-corrected chi connectivity index (χ3v) is 5.33. The average molecular weight is 458 g/mol. The number of aromatic amines is 1. The Morgan fingerprint density at radius 3 is 2.52 bits per heavy atom. The van der Waals surface area contributed by atoms with Crippen LogP contribution in [0.5, 0.6) is 23.1 Å². The first kappa shape index (κ1) is 23.6. The molecule has 1 aromatic carbocycles. The summed E-state index contributed by atoms with van der Waals surface area (Å²) in [5.74, 6) is 0.279. The van der Waals surface area contributed by atoms with Gasteiger partial charge in [-0.1, -0.05) is 13.0 Å². The number of carbonyl (C=O) groups excluding carboxylic acids is 1. The van der Waals surface area contributed by atoms with Crippen molar-refractivity contribution in [3.63, 3.8) is 0 Å². The summed E-state index contributed by atoms with van der Waals surface area (Å²) in [5.41, 5.74) is -1.05. The van der Waals surface area contributed by atoms with Gasteiger partial charge in [0.05, 0.1) is 33.1 Å². The minimum Gasteiger partial charge on any atom is -0.494 e. The van der Waals surface area contributed by atoms with Gasteiger partial charge in [0.2, 0.25) is 17.5 Å². The topological polar surface area (TPSA) is 135 Å². The van der Waals surface area contributed by atoms with E-state index in [1.807, 2.05) is 0 Å². The molecule has 2 N–H and O–H groups in total. The van der Waals surface area contributed by atoms with Crippen LogP contribution < -0.4 is 25.5 Å². The smallest absolute Gasteiger partial charge is 0.331 e. The van der Waals surface area contributed by atoms with Crippen LogP contribution in [-0.4, -0.2) is 52.6 Å². The zero-order valence-corrected chi connectivity index (χ0v) is 18.9. The Morgan fingerprint density at radius 2 is 1.94 bits per heavy atom. The van der Waals surface area contributed by atoms with E-state index in [1.165, 1.54) is 32.4 Å². The SMILES string of the molecule is C=CCn1c(O)c(C2=NN(C(=O)CC)[C@H](c3ccc(OC)c(OC)c3OC)C2)c(=O)[nH]c1=O. The summed E-state index contributed by atoms with van der Waals surface area (Å²) < 4.78 is 17.3. The number of H-pyrrole nitrogens is 1. The third-order valence-electron chi connectivity index (χ3n) is 5.33. The number of carbonyl (C=O) groups is 1. The highest BCUT2D eigenvalue weighted by molar-refractivity contribution is 6.04. The Kier molecular flexibility index (Phi) is 6.90. The molecular formula is C22H26N4O7. The molecule has 2 heterocycles. The van der Waals surface area contributed by atoms with Crippen LogP contribution >= 0.6 is 0 Å². The van der Waals surface area contributed by atoms with Gasteiger partial charge in [-0.05, 0) is 12.1 Å². The lowest BCUT2D eigenvalue weighted by Gasteiger charge is -2.24. The predicted octanol–water partition coefficient (Wildman–Crippen LogP) is 1.54. The molecule has 0 saturated carbocycles. The molecule has 0 spiro atoms. The average Bonchev–Trinajstić information content (AvgIpc) is 3.24. The van der Waals surface area contributed by atoms with Crippen molar-refractivity contribution in [3.05, 3.63) is 56.8 Å². The highest BCUT2D eigenvalue weighted by Crippen LogP contribution is 2.46. The molecule has 3 rings (SSSR count). The Morgan fingerprint density at radius 1 is 1.24 bits per heavy atom. The maximum Gasteiger partial charge on any atom is 0.331 e. The molecule has 0 bridgehead atoms. The van der Waals surface area contributed by atoms with E-state index < -0.39 is 23.2 Å². The van der Waals surface area contributed by atoms with Crippen LogP contribution in [0.4, 0.5) is 0 Å². The van der Waals surface area contributed by atoms with E-state index in [0.29, 0.717) is 22.8 Å². The second-order valence-electron chi connectivity index (χ2n) is 7.14. The Bertz CT molecular complexity index is 1230. The summed E-state index contributed by atoms with van der Waals surface area (Å²) in [6, 6.07) is 2.75. The molecule has 0 unspecified atom stereocenters. The quantitative estimate of drug-likeness (QED) is 0.573. The van der Waals surface area contributed by atoms with E-state index in [0.717, 1.165) is 4.57 Å². The third kappa shape index (κ3) is 4.09. The van der Waals surface area contributed by atoms with Gasteiger partial charge >= 0.3 is 5.69 Å². The number of rotatable bonds is 8. The van der Waals surface area contributed by atoms with Gasteiger partial charge in [-0.25, -0.2) is 9.80 Å². The Hall–Kier alpha value is -4.02. The van der Waals surface area contributed by atoms with Crippen LogP contribution in [-0.2, 0) is 11.3 Å².